The molecule has 0 amide bonds. The largest absolute Gasteiger partial charge is 0.477 e. The van der Waals surface area contributed by atoms with Crippen LogP contribution in [-0.2, 0) is 3.79 Å². The van der Waals surface area contributed by atoms with E-state index >= 15 is 0 Å². The van der Waals surface area contributed by atoms with Gasteiger partial charge < -0.3 is 10.8 Å². The van der Waals surface area contributed by atoms with Gasteiger partial charge in [0, 0.05) is 6.20 Å². The van der Waals surface area contributed by atoms with Crippen LogP contribution in [0.1, 0.15) is 16.2 Å². The second-order valence-electron chi connectivity index (χ2n) is 2.30. The molecule has 76 valence electrons. The van der Waals surface area contributed by atoms with Gasteiger partial charge in [-0.05, 0) is 0 Å². The van der Waals surface area contributed by atoms with Crippen molar-refractivity contribution in [3.05, 3.63) is 17.6 Å². The fourth-order valence-corrected chi connectivity index (χ4v) is 0.970. The summed E-state index contributed by atoms with van der Waals surface area (Å²) in [6.07, 6.45) is 0.988. The number of halogens is 3. The topological polar surface area (TPSA) is 89.1 Å². The second kappa shape index (κ2) is 3.76. The van der Waals surface area contributed by atoms with E-state index in [2.05, 4.69) is 9.97 Å². The van der Waals surface area contributed by atoms with Gasteiger partial charge in [0.15, 0.2) is 5.82 Å². The average Bonchev–Trinajstić information content (AvgIpc) is 2.01. The Balaban J connectivity index is 3.20. The number of rotatable bonds is 1. The number of aromatic carboxylic acids is 1. The quantitative estimate of drug-likeness (QED) is 0.745. The van der Waals surface area contributed by atoms with Crippen molar-refractivity contribution in [2.75, 3.05) is 5.73 Å². The summed E-state index contributed by atoms with van der Waals surface area (Å²) in [6, 6.07) is 0. The summed E-state index contributed by atoms with van der Waals surface area (Å²) >= 11 is 16.4. The Morgan fingerprint density at radius 3 is 2.43 bits per heavy atom. The van der Waals surface area contributed by atoms with E-state index in [1.165, 1.54) is 0 Å². The molecular formula is C6H4Cl3N3O2. The number of hydrogen-bond acceptors (Lipinski definition) is 4. The summed E-state index contributed by atoms with van der Waals surface area (Å²) in [4.78, 5) is 17.6. The van der Waals surface area contributed by atoms with Crippen molar-refractivity contribution >= 4 is 46.6 Å². The molecule has 0 bridgehead atoms. The van der Waals surface area contributed by atoms with E-state index < -0.39 is 9.76 Å². The van der Waals surface area contributed by atoms with Crippen LogP contribution in [0.25, 0.3) is 0 Å². The van der Waals surface area contributed by atoms with Crippen LogP contribution >= 0.6 is 34.8 Å². The van der Waals surface area contributed by atoms with E-state index in [0.717, 1.165) is 6.20 Å². The Bertz CT molecular complexity index is 377. The van der Waals surface area contributed by atoms with Crippen molar-refractivity contribution < 1.29 is 9.90 Å². The van der Waals surface area contributed by atoms with Gasteiger partial charge in [-0.1, -0.05) is 34.8 Å². The van der Waals surface area contributed by atoms with Crippen molar-refractivity contribution in [3.8, 4) is 0 Å². The first-order valence-electron chi connectivity index (χ1n) is 3.25. The predicted molar refractivity (Wildman–Crippen MR) is 52.6 cm³/mol. The highest BCUT2D eigenvalue weighted by Gasteiger charge is 2.27. The number of hydrogen-bond donors (Lipinski definition) is 2. The van der Waals surface area contributed by atoms with Crippen LogP contribution in [-0.4, -0.2) is 21.0 Å². The van der Waals surface area contributed by atoms with Crippen LogP contribution in [0.3, 0.4) is 0 Å². The van der Waals surface area contributed by atoms with Gasteiger partial charge >= 0.3 is 5.97 Å². The molecule has 0 saturated heterocycles. The maximum absolute atomic E-state index is 10.5. The Morgan fingerprint density at radius 1 is 1.50 bits per heavy atom. The minimum Gasteiger partial charge on any atom is -0.477 e. The molecule has 0 aliphatic heterocycles. The molecule has 0 spiro atoms. The van der Waals surface area contributed by atoms with Crippen molar-refractivity contribution in [1.29, 1.82) is 0 Å². The Labute approximate surface area is 93.8 Å². The summed E-state index contributed by atoms with van der Waals surface area (Å²) in [5, 5.41) is 8.60. The summed E-state index contributed by atoms with van der Waals surface area (Å²) in [5.41, 5.74) is 5.08. The molecule has 8 heteroatoms. The Hall–Kier alpha value is -0.780. The number of carboxylic acid groups (broad SMARTS) is 1. The molecule has 5 nitrogen and oxygen atoms in total. The first kappa shape index (κ1) is 11.3. The standard InChI is InChI=1S/C6H4Cl3N3O2/c7-6(8,9)5-11-1-2(4(13)14)3(10)12-5/h1H,(H,13,14)(H2,10,11,12). The third-order valence-electron chi connectivity index (χ3n) is 1.30. The third-order valence-corrected chi connectivity index (χ3v) is 1.81. The van der Waals surface area contributed by atoms with E-state index in [-0.39, 0.29) is 17.2 Å². The van der Waals surface area contributed by atoms with Crippen LogP contribution in [0.4, 0.5) is 5.82 Å². The van der Waals surface area contributed by atoms with E-state index in [9.17, 15) is 4.79 Å². The van der Waals surface area contributed by atoms with Crippen molar-refractivity contribution in [3.63, 3.8) is 0 Å². The number of aromatic nitrogens is 2. The van der Waals surface area contributed by atoms with Crippen LogP contribution in [0.5, 0.6) is 0 Å². The molecule has 0 fully saturated rings. The van der Waals surface area contributed by atoms with Gasteiger partial charge in [0.2, 0.25) is 3.79 Å². The zero-order chi connectivity index (χ0) is 10.9. The molecule has 1 aromatic rings. The lowest BCUT2D eigenvalue weighted by Crippen LogP contribution is -2.13. The van der Waals surface area contributed by atoms with Gasteiger partial charge in [0.25, 0.3) is 0 Å². The number of anilines is 1. The average molecular weight is 256 g/mol. The Morgan fingerprint density at radius 2 is 2.07 bits per heavy atom. The summed E-state index contributed by atoms with van der Waals surface area (Å²) in [7, 11) is 0. The summed E-state index contributed by atoms with van der Waals surface area (Å²) in [6.45, 7) is 0. The normalized spacial score (nSPS) is 11.4. The third kappa shape index (κ3) is 2.37. The van der Waals surface area contributed by atoms with Gasteiger partial charge in [-0.15, -0.1) is 0 Å². The first-order chi connectivity index (χ1) is 6.32. The zero-order valence-corrected chi connectivity index (χ0v) is 8.81. The van der Waals surface area contributed by atoms with Gasteiger partial charge in [-0.3, -0.25) is 0 Å². The highest BCUT2D eigenvalue weighted by Crippen LogP contribution is 2.36. The minimum atomic E-state index is -1.81. The number of nitrogens with two attached hydrogens (primary N) is 1. The maximum atomic E-state index is 10.5. The highest BCUT2D eigenvalue weighted by molar-refractivity contribution is 6.66. The molecular weight excluding hydrogens is 252 g/mol. The molecule has 3 N–H and O–H groups in total. The second-order valence-corrected chi connectivity index (χ2v) is 4.58. The Kier molecular flexibility index (Phi) is 3.04. The SMILES string of the molecule is Nc1nc(C(Cl)(Cl)Cl)ncc1C(=O)O. The van der Waals surface area contributed by atoms with Crippen LogP contribution in [0.2, 0.25) is 0 Å². The lowest BCUT2D eigenvalue weighted by atomic mass is 10.3. The molecule has 0 atom stereocenters. The number of carbonyl (C=O) groups is 1. The summed E-state index contributed by atoms with van der Waals surface area (Å²) in [5.74, 6) is -1.64. The van der Waals surface area contributed by atoms with E-state index in [1.807, 2.05) is 0 Å². The molecule has 14 heavy (non-hydrogen) atoms. The molecule has 0 aliphatic rings. The van der Waals surface area contributed by atoms with E-state index in [1.54, 1.807) is 0 Å². The highest BCUT2D eigenvalue weighted by atomic mass is 35.6. The zero-order valence-electron chi connectivity index (χ0n) is 6.54. The number of alkyl halides is 3. The minimum absolute atomic E-state index is 0.162. The van der Waals surface area contributed by atoms with Crippen LogP contribution in [0.15, 0.2) is 6.20 Å². The fourth-order valence-electron chi connectivity index (χ4n) is 0.696. The van der Waals surface area contributed by atoms with Crippen molar-refractivity contribution in [2.45, 2.75) is 3.79 Å². The predicted octanol–water partition coefficient (Wildman–Crippen LogP) is 1.58. The van der Waals surface area contributed by atoms with Gasteiger partial charge in [0.1, 0.15) is 11.4 Å². The van der Waals surface area contributed by atoms with Crippen molar-refractivity contribution in [2.24, 2.45) is 0 Å². The maximum Gasteiger partial charge on any atom is 0.341 e. The first-order valence-corrected chi connectivity index (χ1v) is 4.38. The molecule has 0 radical (unpaired) electrons. The lowest BCUT2D eigenvalue weighted by Gasteiger charge is -2.09. The number of nitrogens with zero attached hydrogens (tertiary/aromatic N) is 2. The molecule has 1 aromatic heterocycles. The van der Waals surface area contributed by atoms with Crippen LogP contribution in [0, 0.1) is 0 Å². The van der Waals surface area contributed by atoms with Gasteiger partial charge in [-0.2, -0.15) is 0 Å². The van der Waals surface area contributed by atoms with Crippen LogP contribution < -0.4 is 5.73 Å². The molecule has 1 heterocycles. The number of nitrogen functional groups attached to an aromatic ring is 1. The molecule has 0 aliphatic carbocycles. The number of carboxylic acids is 1. The van der Waals surface area contributed by atoms with E-state index in [0.29, 0.717) is 0 Å². The van der Waals surface area contributed by atoms with Gasteiger partial charge in [0.05, 0.1) is 0 Å². The molecule has 0 saturated carbocycles. The fraction of sp³-hybridized carbons (Fsp3) is 0.167. The lowest BCUT2D eigenvalue weighted by molar-refractivity contribution is 0.0697. The smallest absolute Gasteiger partial charge is 0.341 e. The van der Waals surface area contributed by atoms with Crippen molar-refractivity contribution in [1.82, 2.24) is 9.97 Å². The molecule has 0 aromatic carbocycles. The molecule has 0 unspecified atom stereocenters. The summed E-state index contributed by atoms with van der Waals surface area (Å²) < 4.78 is -1.81. The van der Waals surface area contributed by atoms with Gasteiger partial charge in [-0.25, -0.2) is 14.8 Å². The molecule has 1 rings (SSSR count). The monoisotopic (exact) mass is 255 g/mol. The van der Waals surface area contributed by atoms with E-state index in [4.69, 9.17) is 45.6 Å².